The summed E-state index contributed by atoms with van der Waals surface area (Å²) >= 11 is 0. The first kappa shape index (κ1) is 18.9. The number of hydrogen-bond acceptors (Lipinski definition) is 4. The van der Waals surface area contributed by atoms with Crippen LogP contribution in [0.3, 0.4) is 0 Å². The third kappa shape index (κ3) is 10.8. The lowest BCUT2D eigenvalue weighted by Gasteiger charge is -2.21. The van der Waals surface area contributed by atoms with Crippen LogP contribution in [0.5, 0.6) is 0 Å². The topological polar surface area (TPSA) is 52.6 Å². The predicted octanol–water partition coefficient (Wildman–Crippen LogP) is 3.72. The van der Waals surface area contributed by atoms with Crippen molar-refractivity contribution in [1.29, 1.82) is 0 Å². The second-order valence-corrected chi connectivity index (χ2v) is 7.52. The Morgan fingerprint density at radius 1 is 1.05 bits per heavy atom. The molecule has 0 saturated heterocycles. The average molecular weight is 286 g/mol. The number of carbonyl (C=O) groups is 2. The Bertz CT molecular complexity index is 320. The summed E-state index contributed by atoms with van der Waals surface area (Å²) in [5.74, 6) is -1.15. The van der Waals surface area contributed by atoms with E-state index in [-0.39, 0.29) is 23.8 Å². The van der Waals surface area contributed by atoms with Gasteiger partial charge in [0.15, 0.2) is 0 Å². The van der Waals surface area contributed by atoms with E-state index in [0.29, 0.717) is 6.61 Å². The number of hydrogen-bond donors (Lipinski definition) is 0. The monoisotopic (exact) mass is 286 g/mol. The Labute approximate surface area is 123 Å². The summed E-state index contributed by atoms with van der Waals surface area (Å²) in [7, 11) is 0. The lowest BCUT2D eigenvalue weighted by molar-refractivity contribution is -0.161. The smallest absolute Gasteiger partial charge is 0.309 e. The van der Waals surface area contributed by atoms with Crippen LogP contribution in [0.2, 0.25) is 0 Å². The van der Waals surface area contributed by atoms with Crippen LogP contribution in [-0.2, 0) is 19.1 Å². The molecule has 0 aromatic heterocycles. The van der Waals surface area contributed by atoms with Gasteiger partial charge in [0, 0.05) is 0 Å². The lowest BCUT2D eigenvalue weighted by Crippen LogP contribution is -2.27. The molecule has 0 rings (SSSR count). The van der Waals surface area contributed by atoms with Crippen molar-refractivity contribution in [3.63, 3.8) is 0 Å². The summed E-state index contributed by atoms with van der Waals surface area (Å²) in [5, 5.41) is 0. The van der Waals surface area contributed by atoms with Crippen LogP contribution in [0.4, 0.5) is 0 Å². The van der Waals surface area contributed by atoms with E-state index in [2.05, 4.69) is 20.8 Å². The highest BCUT2D eigenvalue weighted by atomic mass is 16.6. The normalized spacial score (nSPS) is 13.8. The van der Waals surface area contributed by atoms with Crippen LogP contribution in [-0.4, -0.2) is 24.1 Å². The molecule has 0 aliphatic heterocycles. The fourth-order valence-electron chi connectivity index (χ4n) is 1.63. The first-order valence-electron chi connectivity index (χ1n) is 7.29. The van der Waals surface area contributed by atoms with Crippen molar-refractivity contribution in [3.05, 3.63) is 0 Å². The van der Waals surface area contributed by atoms with Crippen molar-refractivity contribution in [3.8, 4) is 0 Å². The zero-order valence-electron chi connectivity index (χ0n) is 14.0. The minimum absolute atomic E-state index is 0.0649. The minimum atomic E-state index is -0.520. The number of carbonyl (C=O) groups excluding carboxylic acids is 2. The van der Waals surface area contributed by atoms with Crippen LogP contribution >= 0.6 is 0 Å². The van der Waals surface area contributed by atoms with Crippen molar-refractivity contribution in [2.24, 2.45) is 11.3 Å². The third-order valence-electron chi connectivity index (χ3n) is 2.61. The second kappa shape index (κ2) is 7.65. The zero-order chi connectivity index (χ0) is 16.0. The Hall–Kier alpha value is -1.06. The van der Waals surface area contributed by atoms with Gasteiger partial charge in [-0.3, -0.25) is 9.59 Å². The van der Waals surface area contributed by atoms with Gasteiger partial charge in [0.05, 0.1) is 18.9 Å². The molecule has 0 aliphatic carbocycles. The van der Waals surface area contributed by atoms with Crippen molar-refractivity contribution >= 4 is 11.9 Å². The molecule has 0 heterocycles. The van der Waals surface area contributed by atoms with E-state index in [9.17, 15) is 9.59 Å². The molecule has 0 radical (unpaired) electrons. The third-order valence-corrected chi connectivity index (χ3v) is 2.61. The predicted molar refractivity (Wildman–Crippen MR) is 79.3 cm³/mol. The Morgan fingerprint density at radius 2 is 1.60 bits per heavy atom. The van der Waals surface area contributed by atoms with E-state index >= 15 is 0 Å². The maximum absolute atomic E-state index is 11.7. The summed E-state index contributed by atoms with van der Waals surface area (Å²) in [4.78, 5) is 23.3. The summed E-state index contributed by atoms with van der Waals surface area (Å²) in [5.41, 5.74) is -0.276. The molecule has 0 N–H and O–H groups in total. The number of rotatable bonds is 6. The standard InChI is InChI=1S/C16H30O4/c1-12(11-13(17)20-16(5,6)7)14(18)19-10-8-9-15(2,3)4/h12H,8-11H2,1-7H3/t12-/m1/s1. The first-order chi connectivity index (χ1) is 8.91. The molecule has 1 atom stereocenters. The van der Waals surface area contributed by atoms with Crippen LogP contribution in [0.25, 0.3) is 0 Å². The molecule has 4 heteroatoms. The van der Waals surface area contributed by atoms with Crippen LogP contribution in [0, 0.1) is 11.3 Å². The van der Waals surface area contributed by atoms with E-state index in [1.54, 1.807) is 27.7 Å². The Morgan fingerprint density at radius 3 is 2.05 bits per heavy atom. The molecule has 0 saturated carbocycles. The van der Waals surface area contributed by atoms with Gasteiger partial charge >= 0.3 is 11.9 Å². The highest BCUT2D eigenvalue weighted by Gasteiger charge is 2.23. The van der Waals surface area contributed by atoms with Crippen LogP contribution < -0.4 is 0 Å². The minimum Gasteiger partial charge on any atom is -0.465 e. The highest BCUT2D eigenvalue weighted by Crippen LogP contribution is 2.20. The fourth-order valence-corrected chi connectivity index (χ4v) is 1.63. The Kier molecular flexibility index (Phi) is 7.25. The zero-order valence-corrected chi connectivity index (χ0v) is 14.0. The second-order valence-electron chi connectivity index (χ2n) is 7.52. The van der Waals surface area contributed by atoms with Gasteiger partial charge in [-0.25, -0.2) is 0 Å². The van der Waals surface area contributed by atoms with Crippen molar-refractivity contribution in [2.45, 2.75) is 73.3 Å². The summed E-state index contributed by atoms with van der Waals surface area (Å²) in [6.07, 6.45) is 1.91. The molecule has 0 aromatic carbocycles. The first-order valence-corrected chi connectivity index (χ1v) is 7.29. The maximum atomic E-state index is 11.7. The molecular weight excluding hydrogens is 256 g/mol. The molecule has 118 valence electrons. The van der Waals surface area contributed by atoms with Crippen molar-refractivity contribution in [2.75, 3.05) is 6.61 Å². The molecule has 0 bridgehead atoms. The van der Waals surface area contributed by atoms with Gasteiger partial charge in [-0.05, 0) is 39.0 Å². The highest BCUT2D eigenvalue weighted by molar-refractivity contribution is 5.79. The van der Waals surface area contributed by atoms with Gasteiger partial charge in [-0.1, -0.05) is 27.7 Å². The number of ether oxygens (including phenoxy) is 2. The average Bonchev–Trinajstić information content (AvgIpc) is 2.19. The maximum Gasteiger partial charge on any atom is 0.309 e. The van der Waals surface area contributed by atoms with E-state index in [1.807, 2.05) is 0 Å². The SMILES string of the molecule is C[C@H](CC(=O)OC(C)(C)C)C(=O)OCCCC(C)(C)C. The largest absolute Gasteiger partial charge is 0.465 e. The summed E-state index contributed by atoms with van der Waals surface area (Å²) < 4.78 is 10.4. The van der Waals surface area contributed by atoms with E-state index in [0.717, 1.165) is 12.8 Å². The van der Waals surface area contributed by atoms with Gasteiger partial charge in [0.1, 0.15) is 5.60 Å². The summed E-state index contributed by atoms with van der Waals surface area (Å²) in [6.45, 7) is 14.0. The van der Waals surface area contributed by atoms with Crippen molar-refractivity contribution < 1.29 is 19.1 Å². The molecule has 0 unspecified atom stereocenters. The van der Waals surface area contributed by atoms with Crippen molar-refractivity contribution in [1.82, 2.24) is 0 Å². The molecule has 0 fully saturated rings. The molecular formula is C16H30O4. The molecule has 0 spiro atoms. The quantitative estimate of drug-likeness (QED) is 0.551. The molecule has 20 heavy (non-hydrogen) atoms. The Balaban J connectivity index is 3.96. The van der Waals surface area contributed by atoms with Crippen LogP contribution in [0.15, 0.2) is 0 Å². The lowest BCUT2D eigenvalue weighted by atomic mass is 9.91. The van der Waals surface area contributed by atoms with Gasteiger partial charge < -0.3 is 9.47 Å². The molecule has 0 aromatic rings. The summed E-state index contributed by atoms with van der Waals surface area (Å²) in [6, 6.07) is 0. The van der Waals surface area contributed by atoms with Gasteiger partial charge in [0.25, 0.3) is 0 Å². The van der Waals surface area contributed by atoms with E-state index in [1.165, 1.54) is 0 Å². The molecule has 0 amide bonds. The van der Waals surface area contributed by atoms with Gasteiger partial charge in [-0.2, -0.15) is 0 Å². The van der Waals surface area contributed by atoms with Crippen LogP contribution in [0.1, 0.15) is 67.7 Å². The molecule has 0 aliphatic rings. The molecule has 4 nitrogen and oxygen atoms in total. The number of esters is 2. The van der Waals surface area contributed by atoms with Gasteiger partial charge in [-0.15, -0.1) is 0 Å². The van der Waals surface area contributed by atoms with E-state index in [4.69, 9.17) is 9.47 Å². The van der Waals surface area contributed by atoms with Gasteiger partial charge in [0.2, 0.25) is 0 Å². The fraction of sp³-hybridized carbons (Fsp3) is 0.875. The van der Waals surface area contributed by atoms with E-state index < -0.39 is 11.5 Å².